The molecule has 1 aromatic heterocycles. The Labute approximate surface area is 173 Å². The minimum Gasteiger partial charge on any atom is -0.491 e. The molecule has 1 aliphatic heterocycles. The molecule has 0 atom stereocenters. The van der Waals surface area contributed by atoms with Crippen LogP contribution in [0.4, 0.5) is 11.5 Å². The number of anilines is 2. The lowest BCUT2D eigenvalue weighted by atomic mass is 9.95. The Hall–Kier alpha value is -2.54. The van der Waals surface area contributed by atoms with E-state index in [0.29, 0.717) is 17.4 Å². The van der Waals surface area contributed by atoms with Gasteiger partial charge in [-0.25, -0.2) is 9.97 Å². The molecule has 1 aromatic carbocycles. The highest BCUT2D eigenvalue weighted by molar-refractivity contribution is 5.56. The zero-order valence-electron chi connectivity index (χ0n) is 17.9. The van der Waals surface area contributed by atoms with E-state index in [1.54, 1.807) is 6.20 Å². The van der Waals surface area contributed by atoms with Crippen LogP contribution in [0.5, 0.6) is 11.5 Å². The molecule has 7 nitrogen and oxygen atoms in total. The monoisotopic (exact) mass is 399 g/mol. The summed E-state index contributed by atoms with van der Waals surface area (Å²) < 4.78 is 11.8. The van der Waals surface area contributed by atoms with Gasteiger partial charge in [0.05, 0.1) is 24.1 Å². The second-order valence-corrected chi connectivity index (χ2v) is 8.27. The van der Waals surface area contributed by atoms with Gasteiger partial charge in [0.2, 0.25) is 0 Å². The lowest BCUT2D eigenvalue weighted by Gasteiger charge is -2.31. The normalized spacial score (nSPS) is 15.8. The Balaban J connectivity index is 1.65. The highest BCUT2D eigenvalue weighted by Gasteiger charge is 2.23. The predicted molar refractivity (Wildman–Crippen MR) is 116 cm³/mol. The predicted octanol–water partition coefficient (Wildman–Crippen LogP) is 3.60. The third-order valence-electron chi connectivity index (χ3n) is 4.91. The first-order valence-electron chi connectivity index (χ1n) is 10.4. The average molecular weight is 400 g/mol. The molecule has 1 fully saturated rings. The van der Waals surface area contributed by atoms with Crippen molar-refractivity contribution in [1.82, 2.24) is 14.9 Å². The Morgan fingerprint density at radius 3 is 2.10 bits per heavy atom. The van der Waals surface area contributed by atoms with Crippen LogP contribution in [0.15, 0.2) is 24.4 Å². The van der Waals surface area contributed by atoms with E-state index in [2.05, 4.69) is 27.0 Å². The summed E-state index contributed by atoms with van der Waals surface area (Å²) in [6, 6.07) is 6.20. The van der Waals surface area contributed by atoms with Gasteiger partial charge in [-0.1, -0.05) is 0 Å². The summed E-state index contributed by atoms with van der Waals surface area (Å²) in [4.78, 5) is 11.2. The van der Waals surface area contributed by atoms with E-state index in [-0.39, 0.29) is 12.2 Å². The summed E-state index contributed by atoms with van der Waals surface area (Å²) in [6.45, 7) is 11.0. The van der Waals surface area contributed by atoms with Gasteiger partial charge in [0.25, 0.3) is 0 Å². The van der Waals surface area contributed by atoms with Crippen molar-refractivity contribution < 1.29 is 9.47 Å². The summed E-state index contributed by atoms with van der Waals surface area (Å²) in [5, 5.41) is 0. The number of nitrogen functional groups attached to an aromatic ring is 2. The van der Waals surface area contributed by atoms with Crippen LogP contribution in [-0.2, 0) is 6.54 Å². The third-order valence-corrected chi connectivity index (χ3v) is 4.91. The van der Waals surface area contributed by atoms with Crippen LogP contribution in [0.2, 0.25) is 0 Å². The lowest BCUT2D eigenvalue weighted by molar-refractivity contribution is 0.199. The standard InChI is InChI=1S/C22H33N5O2/c1-14(2)28-18-9-16(10-19(11-18)29-15(3)4)13-27-7-5-17(6-8-27)22-25-12-20(23)21(24)26-22/h9-12,14-15,17H,5-8,13,23H2,1-4H3,(H2,24,25,26). The molecule has 2 aromatic rings. The van der Waals surface area contributed by atoms with Crippen LogP contribution in [0, 0.1) is 0 Å². The van der Waals surface area contributed by atoms with Crippen molar-refractivity contribution in [2.75, 3.05) is 24.6 Å². The fourth-order valence-electron chi connectivity index (χ4n) is 3.63. The van der Waals surface area contributed by atoms with E-state index in [0.717, 1.165) is 49.8 Å². The van der Waals surface area contributed by atoms with Crippen LogP contribution in [-0.4, -0.2) is 40.2 Å². The number of rotatable bonds is 7. The summed E-state index contributed by atoms with van der Waals surface area (Å²) in [5.74, 6) is 3.21. The van der Waals surface area contributed by atoms with E-state index >= 15 is 0 Å². The Kier molecular flexibility index (Phi) is 6.79. The van der Waals surface area contributed by atoms with Crippen LogP contribution in [0.3, 0.4) is 0 Å². The first-order chi connectivity index (χ1) is 13.8. The number of hydrogen-bond donors (Lipinski definition) is 2. The zero-order valence-corrected chi connectivity index (χ0v) is 17.9. The van der Waals surface area contributed by atoms with Crippen molar-refractivity contribution in [2.24, 2.45) is 0 Å². The van der Waals surface area contributed by atoms with Gasteiger partial charge in [0, 0.05) is 18.5 Å². The molecule has 3 rings (SSSR count). The summed E-state index contributed by atoms with van der Waals surface area (Å²) in [5.41, 5.74) is 13.2. The lowest BCUT2D eigenvalue weighted by Crippen LogP contribution is -2.33. The maximum atomic E-state index is 5.92. The first-order valence-corrected chi connectivity index (χ1v) is 10.4. The molecule has 1 saturated heterocycles. The van der Waals surface area contributed by atoms with E-state index in [1.165, 1.54) is 5.56 Å². The number of likely N-dealkylation sites (tertiary alicyclic amines) is 1. The fraction of sp³-hybridized carbons (Fsp3) is 0.545. The van der Waals surface area contributed by atoms with E-state index in [9.17, 15) is 0 Å². The molecule has 0 spiro atoms. The summed E-state index contributed by atoms with van der Waals surface area (Å²) >= 11 is 0. The summed E-state index contributed by atoms with van der Waals surface area (Å²) in [7, 11) is 0. The van der Waals surface area contributed by atoms with Crippen LogP contribution < -0.4 is 20.9 Å². The van der Waals surface area contributed by atoms with Crippen molar-refractivity contribution in [3.63, 3.8) is 0 Å². The van der Waals surface area contributed by atoms with Crippen molar-refractivity contribution in [2.45, 2.75) is 65.2 Å². The van der Waals surface area contributed by atoms with Gasteiger partial charge in [-0.2, -0.15) is 0 Å². The smallest absolute Gasteiger partial charge is 0.150 e. The second kappa shape index (κ2) is 9.31. The van der Waals surface area contributed by atoms with Crippen molar-refractivity contribution in [3.8, 4) is 11.5 Å². The van der Waals surface area contributed by atoms with E-state index in [4.69, 9.17) is 20.9 Å². The largest absolute Gasteiger partial charge is 0.491 e. The molecule has 0 saturated carbocycles. The first kappa shape index (κ1) is 21.2. The van der Waals surface area contributed by atoms with Crippen molar-refractivity contribution >= 4 is 11.5 Å². The molecule has 0 amide bonds. The molecular weight excluding hydrogens is 366 g/mol. The molecule has 158 valence electrons. The second-order valence-electron chi connectivity index (χ2n) is 8.27. The highest BCUT2D eigenvalue weighted by atomic mass is 16.5. The number of nitrogens with zero attached hydrogens (tertiary/aromatic N) is 3. The van der Waals surface area contributed by atoms with Gasteiger partial charge in [0.15, 0.2) is 0 Å². The maximum absolute atomic E-state index is 5.92. The van der Waals surface area contributed by atoms with Gasteiger partial charge < -0.3 is 20.9 Å². The SMILES string of the molecule is CC(C)Oc1cc(CN2CCC(c3ncc(N)c(N)n3)CC2)cc(OC(C)C)c1. The Bertz CT molecular complexity index is 789. The maximum Gasteiger partial charge on any atom is 0.150 e. The number of ether oxygens (including phenoxy) is 2. The average Bonchev–Trinajstić information content (AvgIpc) is 2.63. The molecule has 29 heavy (non-hydrogen) atoms. The van der Waals surface area contributed by atoms with Crippen molar-refractivity contribution in [3.05, 3.63) is 35.8 Å². The highest BCUT2D eigenvalue weighted by Crippen LogP contribution is 2.30. The number of nitrogens with two attached hydrogens (primary N) is 2. The zero-order chi connectivity index (χ0) is 21.0. The fourth-order valence-corrected chi connectivity index (χ4v) is 3.63. The Morgan fingerprint density at radius 2 is 1.59 bits per heavy atom. The quantitative estimate of drug-likeness (QED) is 0.734. The molecule has 0 radical (unpaired) electrons. The van der Waals surface area contributed by atoms with Gasteiger partial charge in [0.1, 0.15) is 23.1 Å². The number of aromatic nitrogens is 2. The molecular formula is C22H33N5O2. The minimum atomic E-state index is 0.125. The van der Waals surface area contributed by atoms with Crippen LogP contribution in [0.25, 0.3) is 0 Å². The molecule has 0 unspecified atom stereocenters. The van der Waals surface area contributed by atoms with Crippen LogP contribution >= 0.6 is 0 Å². The minimum absolute atomic E-state index is 0.125. The van der Waals surface area contributed by atoms with Gasteiger partial charge in [-0.3, -0.25) is 4.90 Å². The number of piperidine rings is 1. The molecule has 0 bridgehead atoms. The molecule has 2 heterocycles. The molecule has 1 aliphatic rings. The third kappa shape index (κ3) is 5.97. The van der Waals surface area contributed by atoms with Crippen molar-refractivity contribution in [1.29, 1.82) is 0 Å². The van der Waals surface area contributed by atoms with Gasteiger partial charge >= 0.3 is 0 Å². The van der Waals surface area contributed by atoms with E-state index < -0.39 is 0 Å². The van der Waals surface area contributed by atoms with Gasteiger partial charge in [-0.15, -0.1) is 0 Å². The Morgan fingerprint density at radius 1 is 1.00 bits per heavy atom. The number of hydrogen-bond acceptors (Lipinski definition) is 7. The molecule has 0 aliphatic carbocycles. The number of benzene rings is 1. The summed E-state index contributed by atoms with van der Waals surface area (Å²) in [6.07, 6.45) is 3.86. The van der Waals surface area contributed by atoms with E-state index in [1.807, 2.05) is 33.8 Å². The topological polar surface area (TPSA) is 99.5 Å². The van der Waals surface area contributed by atoms with Crippen LogP contribution in [0.1, 0.15) is 57.8 Å². The van der Waals surface area contributed by atoms with Gasteiger partial charge in [-0.05, 0) is 71.3 Å². The molecule has 4 N–H and O–H groups in total. The molecule has 7 heteroatoms.